The van der Waals surface area contributed by atoms with Crippen molar-refractivity contribution >= 4 is 11.8 Å². The van der Waals surface area contributed by atoms with Gasteiger partial charge in [0.15, 0.2) is 0 Å². The van der Waals surface area contributed by atoms with Crippen molar-refractivity contribution in [3.8, 4) is 0 Å². The lowest BCUT2D eigenvalue weighted by Crippen LogP contribution is -2.57. The molecule has 1 aromatic heterocycles. The third-order valence-electron chi connectivity index (χ3n) is 4.64. The second-order valence-electron chi connectivity index (χ2n) is 6.22. The zero-order valence-corrected chi connectivity index (χ0v) is 13.4. The fraction of sp³-hybridized carbons (Fsp3) is 0.588. The molecule has 3 rings (SSSR count). The second-order valence-corrected chi connectivity index (χ2v) is 6.22. The minimum atomic E-state index is 0.157. The zero-order valence-electron chi connectivity index (χ0n) is 13.4. The molecule has 2 aliphatic heterocycles. The van der Waals surface area contributed by atoms with Gasteiger partial charge in [-0.3, -0.25) is 14.6 Å². The van der Waals surface area contributed by atoms with E-state index in [9.17, 15) is 9.59 Å². The van der Waals surface area contributed by atoms with Crippen molar-refractivity contribution in [2.45, 2.75) is 31.7 Å². The molecule has 0 radical (unpaired) electrons. The number of piperazine rings is 1. The summed E-state index contributed by atoms with van der Waals surface area (Å²) in [7, 11) is 0. The number of nitrogens with one attached hydrogen (secondary N) is 1. The van der Waals surface area contributed by atoms with E-state index >= 15 is 0 Å². The Labute approximate surface area is 136 Å². The van der Waals surface area contributed by atoms with E-state index in [0.29, 0.717) is 25.9 Å². The smallest absolute Gasteiger partial charge is 0.236 e. The molecular weight excluding hydrogens is 292 g/mol. The van der Waals surface area contributed by atoms with Gasteiger partial charge in [0.1, 0.15) is 0 Å². The molecule has 1 unspecified atom stereocenters. The molecule has 2 aliphatic rings. The highest BCUT2D eigenvalue weighted by atomic mass is 16.2. The largest absolute Gasteiger partial charge is 0.341 e. The topological polar surface area (TPSA) is 65.5 Å². The number of aryl methyl sites for hydroxylation is 1. The Balaban J connectivity index is 1.53. The second kappa shape index (κ2) is 7.55. The molecular formula is C17H24N4O2. The molecule has 3 heterocycles. The summed E-state index contributed by atoms with van der Waals surface area (Å²) in [5.41, 5.74) is 0.951. The van der Waals surface area contributed by atoms with Crippen molar-refractivity contribution in [3.05, 3.63) is 30.1 Å². The van der Waals surface area contributed by atoms with E-state index in [2.05, 4.69) is 10.3 Å². The number of hydrogen-bond donors (Lipinski definition) is 1. The van der Waals surface area contributed by atoms with Gasteiger partial charge in [0.2, 0.25) is 11.8 Å². The molecule has 2 amide bonds. The maximum Gasteiger partial charge on any atom is 0.236 e. The molecule has 2 fully saturated rings. The number of rotatable bonds is 4. The highest BCUT2D eigenvalue weighted by molar-refractivity contribution is 5.80. The number of carbonyl (C=O) groups excluding carboxylic acids is 2. The average molecular weight is 316 g/mol. The van der Waals surface area contributed by atoms with Crippen LogP contribution in [0.5, 0.6) is 0 Å². The number of piperidine rings is 1. The van der Waals surface area contributed by atoms with Crippen LogP contribution in [-0.2, 0) is 16.0 Å². The van der Waals surface area contributed by atoms with Gasteiger partial charge in [-0.05, 0) is 31.4 Å². The van der Waals surface area contributed by atoms with Crippen LogP contribution in [0.15, 0.2) is 24.4 Å². The van der Waals surface area contributed by atoms with Gasteiger partial charge in [-0.25, -0.2) is 0 Å². The SMILES string of the molecule is O=C(CCc1ccccn1)N1CCCC(N2CCNCC2=O)C1. The minimum absolute atomic E-state index is 0.157. The third-order valence-corrected chi connectivity index (χ3v) is 4.64. The lowest BCUT2D eigenvalue weighted by molar-refractivity contribution is -0.140. The molecule has 6 heteroatoms. The van der Waals surface area contributed by atoms with Gasteiger partial charge < -0.3 is 15.1 Å². The molecule has 0 aliphatic carbocycles. The van der Waals surface area contributed by atoms with Crippen molar-refractivity contribution < 1.29 is 9.59 Å². The van der Waals surface area contributed by atoms with Crippen LogP contribution in [0.2, 0.25) is 0 Å². The molecule has 0 saturated carbocycles. The summed E-state index contributed by atoms with van der Waals surface area (Å²) in [6, 6.07) is 5.95. The Morgan fingerprint density at radius 1 is 1.35 bits per heavy atom. The summed E-state index contributed by atoms with van der Waals surface area (Å²) in [4.78, 5) is 32.6. The minimum Gasteiger partial charge on any atom is -0.341 e. The first-order valence-corrected chi connectivity index (χ1v) is 8.42. The van der Waals surface area contributed by atoms with Crippen molar-refractivity contribution in [2.24, 2.45) is 0 Å². The Morgan fingerprint density at radius 2 is 2.26 bits per heavy atom. The highest BCUT2D eigenvalue weighted by Crippen LogP contribution is 2.18. The number of amides is 2. The highest BCUT2D eigenvalue weighted by Gasteiger charge is 2.31. The maximum absolute atomic E-state index is 12.5. The first kappa shape index (κ1) is 15.9. The Morgan fingerprint density at radius 3 is 3.04 bits per heavy atom. The van der Waals surface area contributed by atoms with Crippen molar-refractivity contribution in [1.29, 1.82) is 0 Å². The lowest BCUT2D eigenvalue weighted by Gasteiger charge is -2.41. The van der Waals surface area contributed by atoms with Gasteiger partial charge in [-0.1, -0.05) is 6.07 Å². The summed E-state index contributed by atoms with van der Waals surface area (Å²) in [5, 5.41) is 3.10. The van der Waals surface area contributed by atoms with Gasteiger partial charge >= 0.3 is 0 Å². The average Bonchev–Trinajstić information content (AvgIpc) is 2.61. The number of aromatic nitrogens is 1. The van der Waals surface area contributed by atoms with Gasteiger partial charge in [0.05, 0.1) is 6.54 Å². The fourth-order valence-electron chi connectivity index (χ4n) is 3.38. The standard InChI is InChI=1S/C17H24N4O2/c22-16(7-6-14-4-1-2-8-19-14)20-10-3-5-15(13-20)21-11-9-18-12-17(21)23/h1-2,4,8,15,18H,3,5-7,9-13H2. The third kappa shape index (κ3) is 4.07. The molecule has 1 N–H and O–H groups in total. The predicted molar refractivity (Wildman–Crippen MR) is 86.7 cm³/mol. The summed E-state index contributed by atoms with van der Waals surface area (Å²) < 4.78 is 0. The Bertz CT molecular complexity index is 549. The van der Waals surface area contributed by atoms with Crippen LogP contribution in [0.3, 0.4) is 0 Å². The van der Waals surface area contributed by atoms with Crippen LogP contribution < -0.4 is 5.32 Å². The first-order valence-electron chi connectivity index (χ1n) is 8.42. The fourth-order valence-corrected chi connectivity index (χ4v) is 3.38. The van der Waals surface area contributed by atoms with Crippen LogP contribution in [0, 0.1) is 0 Å². The van der Waals surface area contributed by atoms with Crippen LogP contribution in [0.4, 0.5) is 0 Å². The zero-order chi connectivity index (χ0) is 16.1. The summed E-state index contributed by atoms with van der Waals surface area (Å²) in [5.74, 6) is 0.326. The molecule has 0 aromatic carbocycles. The lowest BCUT2D eigenvalue weighted by atomic mass is 10.0. The van der Waals surface area contributed by atoms with Crippen molar-refractivity contribution in [3.63, 3.8) is 0 Å². The van der Waals surface area contributed by atoms with Gasteiger partial charge in [-0.2, -0.15) is 0 Å². The first-order chi connectivity index (χ1) is 11.2. The maximum atomic E-state index is 12.5. The Kier molecular flexibility index (Phi) is 5.23. The normalized spacial score (nSPS) is 22.3. The van der Waals surface area contributed by atoms with Crippen LogP contribution >= 0.6 is 0 Å². The van der Waals surface area contributed by atoms with Crippen molar-refractivity contribution in [1.82, 2.24) is 20.1 Å². The molecule has 1 atom stereocenters. The summed E-state index contributed by atoms with van der Waals surface area (Å²) in [6.07, 6.45) is 4.88. The number of nitrogens with zero attached hydrogens (tertiary/aromatic N) is 3. The van der Waals surface area contributed by atoms with Crippen molar-refractivity contribution in [2.75, 3.05) is 32.7 Å². The number of carbonyl (C=O) groups is 2. The predicted octanol–water partition coefficient (Wildman–Crippen LogP) is 0.437. The monoisotopic (exact) mass is 316 g/mol. The van der Waals surface area contributed by atoms with Crippen LogP contribution in [0.25, 0.3) is 0 Å². The van der Waals surface area contributed by atoms with E-state index in [-0.39, 0.29) is 17.9 Å². The summed E-state index contributed by atoms with van der Waals surface area (Å²) in [6.45, 7) is 3.49. The van der Waals surface area contributed by atoms with E-state index in [0.717, 1.165) is 38.2 Å². The van der Waals surface area contributed by atoms with E-state index in [1.54, 1.807) is 6.20 Å². The van der Waals surface area contributed by atoms with E-state index in [4.69, 9.17) is 0 Å². The molecule has 2 saturated heterocycles. The molecule has 23 heavy (non-hydrogen) atoms. The van der Waals surface area contributed by atoms with E-state index in [1.807, 2.05) is 28.0 Å². The van der Waals surface area contributed by atoms with Gasteiger partial charge in [0.25, 0.3) is 0 Å². The Hall–Kier alpha value is -1.95. The molecule has 124 valence electrons. The number of pyridine rings is 1. The van der Waals surface area contributed by atoms with Gasteiger partial charge in [-0.15, -0.1) is 0 Å². The van der Waals surface area contributed by atoms with Crippen LogP contribution in [-0.4, -0.2) is 65.4 Å². The molecule has 6 nitrogen and oxygen atoms in total. The van der Waals surface area contributed by atoms with E-state index in [1.165, 1.54) is 0 Å². The van der Waals surface area contributed by atoms with E-state index < -0.39 is 0 Å². The van der Waals surface area contributed by atoms with Gasteiger partial charge in [0, 0.05) is 50.5 Å². The molecule has 0 spiro atoms. The molecule has 1 aromatic rings. The van der Waals surface area contributed by atoms with Crippen LogP contribution in [0.1, 0.15) is 25.0 Å². The quantitative estimate of drug-likeness (QED) is 0.875. The number of hydrogen-bond acceptors (Lipinski definition) is 4. The molecule has 0 bridgehead atoms. The number of likely N-dealkylation sites (tertiary alicyclic amines) is 1. The summed E-state index contributed by atoms with van der Waals surface area (Å²) >= 11 is 0.